The van der Waals surface area contributed by atoms with Crippen LogP contribution < -0.4 is 11.3 Å². The van der Waals surface area contributed by atoms with Crippen LogP contribution >= 0.6 is 27.5 Å². The topological polar surface area (TPSA) is 63.8 Å². The number of aromatic nitrogens is 2. The van der Waals surface area contributed by atoms with Gasteiger partial charge in [-0.3, -0.25) is 0 Å². The minimum atomic E-state index is -0.0948. The van der Waals surface area contributed by atoms with Gasteiger partial charge in [-0.05, 0) is 34.1 Å². The van der Waals surface area contributed by atoms with Crippen LogP contribution in [0.1, 0.15) is 26.5 Å². The van der Waals surface area contributed by atoms with Crippen molar-refractivity contribution < 1.29 is 0 Å². The summed E-state index contributed by atoms with van der Waals surface area (Å²) in [6, 6.07) is 7.47. The summed E-state index contributed by atoms with van der Waals surface area (Å²) < 4.78 is 0.840. The van der Waals surface area contributed by atoms with E-state index in [0.29, 0.717) is 16.7 Å². The third-order valence-corrected chi connectivity index (χ3v) is 4.05. The van der Waals surface area contributed by atoms with Gasteiger partial charge in [0.25, 0.3) is 0 Å². The summed E-state index contributed by atoms with van der Waals surface area (Å²) in [5.41, 5.74) is 4.25. The molecular formula is C14H16BrClN4. The van der Waals surface area contributed by atoms with Gasteiger partial charge >= 0.3 is 0 Å². The van der Waals surface area contributed by atoms with Gasteiger partial charge in [0, 0.05) is 21.5 Å². The average Bonchev–Trinajstić information content (AvgIpc) is 2.40. The van der Waals surface area contributed by atoms with Crippen LogP contribution in [-0.4, -0.2) is 9.97 Å². The summed E-state index contributed by atoms with van der Waals surface area (Å²) in [6.07, 6.45) is 0. The van der Waals surface area contributed by atoms with E-state index in [1.165, 1.54) is 0 Å². The summed E-state index contributed by atoms with van der Waals surface area (Å²) in [4.78, 5) is 9.00. The number of nitrogens with one attached hydrogen (secondary N) is 1. The number of nitrogen functional groups attached to an aromatic ring is 1. The first-order valence-corrected chi connectivity index (χ1v) is 7.30. The summed E-state index contributed by atoms with van der Waals surface area (Å²) in [5.74, 6) is 6.67. The second-order valence-electron chi connectivity index (χ2n) is 5.49. The lowest BCUT2D eigenvalue weighted by molar-refractivity contribution is 0.568. The maximum absolute atomic E-state index is 6.12. The largest absolute Gasteiger partial charge is 0.308 e. The van der Waals surface area contributed by atoms with Crippen LogP contribution in [0.4, 0.5) is 5.82 Å². The Labute approximate surface area is 131 Å². The molecule has 0 aliphatic heterocycles. The molecule has 1 aromatic heterocycles. The van der Waals surface area contributed by atoms with Gasteiger partial charge < -0.3 is 5.43 Å². The van der Waals surface area contributed by atoms with E-state index in [9.17, 15) is 0 Å². The number of hydrogen-bond donors (Lipinski definition) is 2. The Morgan fingerprint density at radius 1 is 1.20 bits per heavy atom. The Balaban J connectivity index is 2.58. The second kappa shape index (κ2) is 5.68. The van der Waals surface area contributed by atoms with Crippen LogP contribution in [0.2, 0.25) is 5.02 Å². The highest BCUT2D eigenvalue weighted by Gasteiger charge is 2.18. The molecule has 0 saturated heterocycles. The number of hydrazine groups is 1. The van der Waals surface area contributed by atoms with E-state index in [2.05, 4.69) is 52.1 Å². The molecule has 0 aliphatic rings. The molecule has 0 unspecified atom stereocenters. The quantitative estimate of drug-likeness (QED) is 0.627. The number of halogens is 2. The van der Waals surface area contributed by atoms with E-state index in [-0.39, 0.29) is 5.41 Å². The summed E-state index contributed by atoms with van der Waals surface area (Å²) in [6.45, 7) is 6.27. The van der Waals surface area contributed by atoms with Gasteiger partial charge in [0.15, 0.2) is 5.82 Å². The number of rotatable bonds is 2. The minimum absolute atomic E-state index is 0.0948. The van der Waals surface area contributed by atoms with Crippen LogP contribution in [0.25, 0.3) is 11.4 Å². The second-order valence-corrected chi connectivity index (χ2v) is 6.75. The molecule has 0 atom stereocenters. The number of anilines is 1. The van der Waals surface area contributed by atoms with E-state index < -0.39 is 0 Å². The van der Waals surface area contributed by atoms with Crippen molar-refractivity contribution in [1.82, 2.24) is 9.97 Å². The molecule has 0 amide bonds. The first-order chi connectivity index (χ1) is 9.31. The van der Waals surface area contributed by atoms with Crippen LogP contribution in [0.5, 0.6) is 0 Å². The molecule has 2 rings (SSSR count). The zero-order valence-corrected chi connectivity index (χ0v) is 13.9. The lowest BCUT2D eigenvalue weighted by Gasteiger charge is -2.19. The standard InChI is InChI=1S/C14H16BrClN4/c1-14(2,3)11-7-12(20-17)19-13(18-11)8-4-5-9(15)10(16)6-8/h4-7H,17H2,1-3H3,(H,18,19,20). The van der Waals surface area contributed by atoms with Crippen molar-refractivity contribution in [2.24, 2.45) is 5.84 Å². The highest BCUT2D eigenvalue weighted by Crippen LogP contribution is 2.29. The number of hydrogen-bond acceptors (Lipinski definition) is 4. The fourth-order valence-corrected chi connectivity index (χ4v) is 2.10. The van der Waals surface area contributed by atoms with Crippen LogP contribution in [0.3, 0.4) is 0 Å². The van der Waals surface area contributed by atoms with Crippen molar-refractivity contribution in [1.29, 1.82) is 0 Å². The number of benzene rings is 1. The van der Waals surface area contributed by atoms with Gasteiger partial charge in [-0.2, -0.15) is 0 Å². The lowest BCUT2D eigenvalue weighted by Crippen LogP contribution is -2.17. The Morgan fingerprint density at radius 2 is 1.90 bits per heavy atom. The van der Waals surface area contributed by atoms with Gasteiger partial charge in [-0.15, -0.1) is 0 Å². The molecule has 6 heteroatoms. The molecular weight excluding hydrogens is 340 g/mol. The molecule has 106 valence electrons. The third kappa shape index (κ3) is 3.29. The molecule has 0 bridgehead atoms. The van der Waals surface area contributed by atoms with Crippen LogP contribution in [0.15, 0.2) is 28.7 Å². The molecule has 0 saturated carbocycles. The summed E-state index contributed by atoms with van der Waals surface area (Å²) in [5, 5.41) is 0.620. The van der Waals surface area contributed by atoms with E-state index in [1.54, 1.807) is 0 Å². The van der Waals surface area contributed by atoms with Crippen molar-refractivity contribution in [3.05, 3.63) is 39.5 Å². The Bertz CT molecular complexity index is 638. The Morgan fingerprint density at radius 3 is 2.45 bits per heavy atom. The summed E-state index contributed by atoms with van der Waals surface area (Å²) >= 11 is 9.50. The molecule has 3 N–H and O–H groups in total. The molecule has 0 radical (unpaired) electrons. The molecule has 4 nitrogen and oxygen atoms in total. The monoisotopic (exact) mass is 354 g/mol. The number of nitrogens with zero attached hydrogens (tertiary/aromatic N) is 2. The highest BCUT2D eigenvalue weighted by molar-refractivity contribution is 9.10. The van der Waals surface area contributed by atoms with Crippen molar-refractivity contribution in [3.63, 3.8) is 0 Å². The Hall–Kier alpha value is -1.17. The molecule has 2 aromatic rings. The number of nitrogens with two attached hydrogens (primary N) is 1. The van der Waals surface area contributed by atoms with Crippen LogP contribution in [0, 0.1) is 0 Å². The van der Waals surface area contributed by atoms with E-state index in [1.807, 2.05) is 24.3 Å². The molecule has 0 aliphatic carbocycles. The lowest BCUT2D eigenvalue weighted by atomic mass is 9.92. The summed E-state index contributed by atoms with van der Waals surface area (Å²) in [7, 11) is 0. The first kappa shape index (κ1) is 15.2. The Kier molecular flexibility index (Phi) is 4.32. The molecule has 20 heavy (non-hydrogen) atoms. The molecule has 1 heterocycles. The first-order valence-electron chi connectivity index (χ1n) is 6.13. The molecule has 0 fully saturated rings. The zero-order valence-electron chi connectivity index (χ0n) is 11.5. The predicted molar refractivity (Wildman–Crippen MR) is 86.7 cm³/mol. The minimum Gasteiger partial charge on any atom is -0.308 e. The van der Waals surface area contributed by atoms with Crippen molar-refractivity contribution >= 4 is 33.3 Å². The predicted octanol–water partition coefficient (Wildman–Crippen LogP) is 4.14. The maximum atomic E-state index is 6.12. The van der Waals surface area contributed by atoms with Gasteiger partial charge in [0.1, 0.15) is 5.82 Å². The normalized spacial score (nSPS) is 11.5. The SMILES string of the molecule is CC(C)(C)c1cc(NN)nc(-c2ccc(Br)c(Cl)c2)n1. The maximum Gasteiger partial charge on any atom is 0.161 e. The van der Waals surface area contributed by atoms with Gasteiger partial charge in [0.2, 0.25) is 0 Å². The third-order valence-electron chi connectivity index (χ3n) is 2.82. The smallest absolute Gasteiger partial charge is 0.161 e. The van der Waals surface area contributed by atoms with Crippen molar-refractivity contribution in [2.75, 3.05) is 5.43 Å². The van der Waals surface area contributed by atoms with E-state index in [4.69, 9.17) is 17.4 Å². The zero-order chi connectivity index (χ0) is 14.9. The average molecular weight is 356 g/mol. The van der Waals surface area contributed by atoms with Crippen LogP contribution in [-0.2, 0) is 5.41 Å². The van der Waals surface area contributed by atoms with Gasteiger partial charge in [0.05, 0.1) is 10.7 Å². The highest BCUT2D eigenvalue weighted by atomic mass is 79.9. The fraction of sp³-hybridized carbons (Fsp3) is 0.286. The van der Waals surface area contributed by atoms with E-state index >= 15 is 0 Å². The fourth-order valence-electron chi connectivity index (χ4n) is 1.67. The van der Waals surface area contributed by atoms with Gasteiger partial charge in [-0.25, -0.2) is 15.8 Å². The van der Waals surface area contributed by atoms with Crippen molar-refractivity contribution in [2.45, 2.75) is 26.2 Å². The van der Waals surface area contributed by atoms with E-state index in [0.717, 1.165) is 15.7 Å². The van der Waals surface area contributed by atoms with Gasteiger partial charge in [-0.1, -0.05) is 32.4 Å². The molecule has 1 aromatic carbocycles. The van der Waals surface area contributed by atoms with Crippen molar-refractivity contribution in [3.8, 4) is 11.4 Å². The molecule has 0 spiro atoms.